The van der Waals surface area contributed by atoms with Gasteiger partial charge in [0.05, 0.1) is 34.0 Å². The standard InChI is InChI=1S/C26H24O7/c1-29-18-11-12-19(21(27)13-9-17-10-14-23(31-3)25(15-17)32-4)24(16-18)33-26(28)20-7-5-6-8-22(20)30-2/h5-16H,1-4H3. The van der Waals surface area contributed by atoms with Crippen molar-refractivity contribution >= 4 is 17.8 Å². The van der Waals surface area contributed by atoms with Crippen LogP contribution in [0.25, 0.3) is 6.08 Å². The van der Waals surface area contributed by atoms with Crippen LogP contribution in [-0.4, -0.2) is 40.2 Å². The second-order valence-corrected chi connectivity index (χ2v) is 6.76. The van der Waals surface area contributed by atoms with Gasteiger partial charge < -0.3 is 23.7 Å². The number of carbonyl (C=O) groups is 2. The lowest BCUT2D eigenvalue weighted by Crippen LogP contribution is -2.12. The predicted octanol–water partition coefficient (Wildman–Crippen LogP) is 4.84. The van der Waals surface area contributed by atoms with Crippen molar-refractivity contribution in [3.63, 3.8) is 0 Å². The number of esters is 1. The van der Waals surface area contributed by atoms with Crippen molar-refractivity contribution in [1.29, 1.82) is 0 Å². The summed E-state index contributed by atoms with van der Waals surface area (Å²) in [5, 5.41) is 0. The van der Waals surface area contributed by atoms with Crippen molar-refractivity contribution in [1.82, 2.24) is 0 Å². The molecule has 0 saturated heterocycles. The monoisotopic (exact) mass is 448 g/mol. The minimum atomic E-state index is -0.654. The highest BCUT2D eigenvalue weighted by Gasteiger charge is 2.19. The van der Waals surface area contributed by atoms with Gasteiger partial charge in [-0.3, -0.25) is 4.79 Å². The van der Waals surface area contributed by atoms with Crippen molar-refractivity contribution in [2.75, 3.05) is 28.4 Å². The van der Waals surface area contributed by atoms with Gasteiger partial charge >= 0.3 is 5.97 Å². The molecule has 0 saturated carbocycles. The quantitative estimate of drug-likeness (QED) is 0.201. The molecule has 33 heavy (non-hydrogen) atoms. The molecule has 0 fully saturated rings. The molecule has 0 heterocycles. The summed E-state index contributed by atoms with van der Waals surface area (Å²) in [6.07, 6.45) is 3.03. The SMILES string of the molecule is COc1ccc(C(=O)C=Cc2ccc(OC)c(OC)c2)c(OC(=O)c2ccccc2OC)c1. The van der Waals surface area contributed by atoms with Gasteiger partial charge in [-0.1, -0.05) is 24.3 Å². The van der Waals surface area contributed by atoms with Crippen LogP contribution in [0.15, 0.2) is 66.7 Å². The molecule has 0 aliphatic heterocycles. The lowest BCUT2D eigenvalue weighted by Gasteiger charge is -2.12. The van der Waals surface area contributed by atoms with E-state index >= 15 is 0 Å². The molecule has 7 heteroatoms. The number of carbonyl (C=O) groups excluding carboxylic acids is 2. The van der Waals surface area contributed by atoms with E-state index in [4.69, 9.17) is 23.7 Å². The van der Waals surface area contributed by atoms with E-state index in [2.05, 4.69) is 0 Å². The third kappa shape index (κ3) is 5.51. The molecular weight excluding hydrogens is 424 g/mol. The van der Waals surface area contributed by atoms with Gasteiger partial charge in [0.25, 0.3) is 0 Å². The Hall–Kier alpha value is -4.26. The summed E-state index contributed by atoms with van der Waals surface area (Å²) in [5.74, 6) is 1.01. The molecule has 3 aromatic rings. The Morgan fingerprint density at radius 2 is 1.39 bits per heavy atom. The van der Waals surface area contributed by atoms with Crippen LogP contribution in [0.2, 0.25) is 0 Å². The summed E-state index contributed by atoms with van der Waals surface area (Å²) in [6, 6.07) is 16.6. The van der Waals surface area contributed by atoms with Crippen molar-refractivity contribution in [2.45, 2.75) is 0 Å². The van der Waals surface area contributed by atoms with E-state index in [0.717, 1.165) is 5.56 Å². The fourth-order valence-electron chi connectivity index (χ4n) is 3.10. The molecule has 0 N–H and O–H groups in total. The van der Waals surface area contributed by atoms with Crippen LogP contribution in [0.4, 0.5) is 0 Å². The van der Waals surface area contributed by atoms with Crippen LogP contribution in [0.3, 0.4) is 0 Å². The van der Waals surface area contributed by atoms with Crippen molar-refractivity contribution in [3.05, 3.63) is 83.4 Å². The second-order valence-electron chi connectivity index (χ2n) is 6.76. The Morgan fingerprint density at radius 1 is 0.667 bits per heavy atom. The normalized spacial score (nSPS) is 10.5. The number of methoxy groups -OCH3 is 4. The summed E-state index contributed by atoms with van der Waals surface area (Å²) in [5.41, 5.74) is 1.18. The average Bonchev–Trinajstić information content (AvgIpc) is 2.86. The topological polar surface area (TPSA) is 80.3 Å². The molecule has 0 bridgehead atoms. The molecule has 0 amide bonds. The maximum absolute atomic E-state index is 13.0. The highest BCUT2D eigenvalue weighted by molar-refractivity contribution is 6.09. The summed E-state index contributed by atoms with van der Waals surface area (Å²) in [4.78, 5) is 25.7. The number of rotatable bonds is 9. The number of hydrogen-bond acceptors (Lipinski definition) is 7. The predicted molar refractivity (Wildman–Crippen MR) is 124 cm³/mol. The van der Waals surface area contributed by atoms with Gasteiger partial charge in [-0.25, -0.2) is 4.79 Å². The Labute approximate surface area is 192 Å². The first-order valence-electron chi connectivity index (χ1n) is 9.98. The van der Waals surface area contributed by atoms with E-state index in [-0.39, 0.29) is 22.7 Å². The summed E-state index contributed by atoms with van der Waals surface area (Å²) in [7, 11) is 6.04. The molecule has 0 aliphatic carbocycles. The van der Waals surface area contributed by atoms with Gasteiger partial charge in [-0.2, -0.15) is 0 Å². The smallest absolute Gasteiger partial charge is 0.347 e. The molecule has 170 valence electrons. The maximum atomic E-state index is 13.0. The number of benzene rings is 3. The number of ketones is 1. The van der Waals surface area contributed by atoms with Crippen molar-refractivity contribution in [3.8, 4) is 28.7 Å². The van der Waals surface area contributed by atoms with Gasteiger partial charge in [-0.15, -0.1) is 0 Å². The minimum absolute atomic E-state index is 0.0761. The van der Waals surface area contributed by atoms with E-state index in [1.165, 1.54) is 33.5 Å². The van der Waals surface area contributed by atoms with Crippen LogP contribution in [0, 0.1) is 0 Å². The number of ether oxygens (including phenoxy) is 5. The maximum Gasteiger partial charge on any atom is 0.347 e. The Balaban J connectivity index is 1.89. The average molecular weight is 448 g/mol. The zero-order valence-corrected chi connectivity index (χ0v) is 18.8. The van der Waals surface area contributed by atoms with Crippen LogP contribution < -0.4 is 23.7 Å². The molecule has 0 spiro atoms. The first-order chi connectivity index (χ1) is 16.0. The van der Waals surface area contributed by atoms with E-state index in [1.54, 1.807) is 67.8 Å². The van der Waals surface area contributed by atoms with Gasteiger partial charge in [0.15, 0.2) is 17.3 Å². The third-order valence-electron chi connectivity index (χ3n) is 4.82. The lowest BCUT2D eigenvalue weighted by molar-refractivity contribution is 0.0729. The Morgan fingerprint density at radius 3 is 2.09 bits per heavy atom. The lowest BCUT2D eigenvalue weighted by atomic mass is 10.1. The van der Waals surface area contributed by atoms with E-state index in [1.807, 2.05) is 0 Å². The van der Waals surface area contributed by atoms with Crippen LogP contribution in [-0.2, 0) is 0 Å². The molecule has 0 atom stereocenters. The van der Waals surface area contributed by atoms with Crippen molar-refractivity contribution in [2.24, 2.45) is 0 Å². The van der Waals surface area contributed by atoms with Gasteiger partial charge in [0.2, 0.25) is 0 Å². The zero-order chi connectivity index (χ0) is 23.8. The van der Waals surface area contributed by atoms with E-state index in [0.29, 0.717) is 23.0 Å². The number of para-hydroxylation sites is 1. The second kappa shape index (κ2) is 10.9. The van der Waals surface area contributed by atoms with E-state index < -0.39 is 5.97 Å². The van der Waals surface area contributed by atoms with Crippen LogP contribution in [0.1, 0.15) is 26.3 Å². The molecule has 0 radical (unpaired) electrons. The van der Waals surface area contributed by atoms with Gasteiger partial charge in [0, 0.05) is 6.07 Å². The Bertz CT molecular complexity index is 1180. The summed E-state index contributed by atoms with van der Waals surface area (Å²) >= 11 is 0. The molecule has 3 rings (SSSR count). The highest BCUT2D eigenvalue weighted by Crippen LogP contribution is 2.30. The number of allylic oxidation sites excluding steroid dienone is 1. The fourth-order valence-corrected chi connectivity index (χ4v) is 3.10. The van der Waals surface area contributed by atoms with Crippen molar-refractivity contribution < 1.29 is 33.3 Å². The molecule has 3 aromatic carbocycles. The van der Waals surface area contributed by atoms with E-state index in [9.17, 15) is 9.59 Å². The molecule has 0 aliphatic rings. The van der Waals surface area contributed by atoms with Crippen LogP contribution >= 0.6 is 0 Å². The van der Waals surface area contributed by atoms with Gasteiger partial charge in [0.1, 0.15) is 22.8 Å². The third-order valence-corrected chi connectivity index (χ3v) is 4.82. The van der Waals surface area contributed by atoms with Gasteiger partial charge in [-0.05, 0) is 48.0 Å². The largest absolute Gasteiger partial charge is 0.497 e. The first-order valence-corrected chi connectivity index (χ1v) is 9.98. The molecule has 0 unspecified atom stereocenters. The highest BCUT2D eigenvalue weighted by atomic mass is 16.5. The summed E-state index contributed by atoms with van der Waals surface area (Å²) in [6.45, 7) is 0. The zero-order valence-electron chi connectivity index (χ0n) is 18.8. The Kier molecular flexibility index (Phi) is 7.70. The molecular formula is C26H24O7. The summed E-state index contributed by atoms with van der Waals surface area (Å²) < 4.78 is 26.5. The first kappa shape index (κ1) is 23.4. The number of hydrogen-bond donors (Lipinski definition) is 0. The fraction of sp³-hybridized carbons (Fsp3) is 0.154. The van der Waals surface area contributed by atoms with Crippen LogP contribution in [0.5, 0.6) is 28.7 Å². The minimum Gasteiger partial charge on any atom is -0.497 e. The molecule has 0 aromatic heterocycles. The molecule has 7 nitrogen and oxygen atoms in total.